The Kier molecular flexibility index (Phi) is 4.89. The highest BCUT2D eigenvalue weighted by Gasteiger charge is 2.28. The number of hydrogen-bond donors (Lipinski definition) is 1. The lowest BCUT2D eigenvalue weighted by Crippen LogP contribution is -2.15. The minimum Gasteiger partial charge on any atom is -0.465 e. The van der Waals surface area contributed by atoms with Crippen LogP contribution in [0.1, 0.15) is 15.9 Å². The van der Waals surface area contributed by atoms with E-state index in [1.165, 1.54) is 6.92 Å². The van der Waals surface area contributed by atoms with Crippen molar-refractivity contribution >= 4 is 17.3 Å². The van der Waals surface area contributed by atoms with E-state index < -0.39 is 41.1 Å². The number of alkyl halides is 2. The number of rotatable bonds is 5. The fraction of sp³-hybridized carbons (Fsp3) is 0.364. The molecule has 20 heavy (non-hydrogen) atoms. The van der Waals surface area contributed by atoms with Crippen molar-refractivity contribution in [2.24, 2.45) is 0 Å². The molecule has 0 radical (unpaired) electrons. The van der Waals surface area contributed by atoms with Gasteiger partial charge in [-0.15, -0.1) is 0 Å². The molecule has 6 nitrogen and oxygen atoms in total. The Morgan fingerprint density at radius 1 is 1.55 bits per heavy atom. The molecule has 0 unspecified atom stereocenters. The van der Waals surface area contributed by atoms with E-state index in [0.717, 1.165) is 7.11 Å². The van der Waals surface area contributed by atoms with Crippen LogP contribution >= 0.6 is 0 Å². The molecule has 0 bridgehead atoms. The molecule has 0 aliphatic carbocycles. The van der Waals surface area contributed by atoms with Crippen LogP contribution in [0.25, 0.3) is 0 Å². The van der Waals surface area contributed by atoms with Crippen molar-refractivity contribution in [1.29, 1.82) is 0 Å². The van der Waals surface area contributed by atoms with Crippen molar-refractivity contribution in [2.45, 2.75) is 13.3 Å². The van der Waals surface area contributed by atoms with Gasteiger partial charge in [0.15, 0.2) is 5.82 Å². The maximum atomic E-state index is 13.8. The van der Waals surface area contributed by atoms with Crippen molar-refractivity contribution in [3.63, 3.8) is 0 Å². The van der Waals surface area contributed by atoms with E-state index in [2.05, 4.69) is 4.74 Å². The van der Waals surface area contributed by atoms with Crippen LogP contribution in [0.3, 0.4) is 0 Å². The highest BCUT2D eigenvalue weighted by molar-refractivity contribution is 5.93. The molecule has 0 saturated heterocycles. The maximum Gasteiger partial charge on any atom is 0.338 e. The van der Waals surface area contributed by atoms with Gasteiger partial charge < -0.3 is 10.1 Å². The maximum absolute atomic E-state index is 13.8. The van der Waals surface area contributed by atoms with Crippen LogP contribution < -0.4 is 5.32 Å². The third-order valence-corrected chi connectivity index (χ3v) is 2.53. The first-order valence-electron chi connectivity index (χ1n) is 5.37. The van der Waals surface area contributed by atoms with Crippen LogP contribution in [0.4, 0.5) is 24.5 Å². The number of nitro groups is 1. The lowest BCUT2D eigenvalue weighted by molar-refractivity contribution is -0.384. The second-order valence-electron chi connectivity index (χ2n) is 3.78. The van der Waals surface area contributed by atoms with Crippen LogP contribution in [0.15, 0.2) is 6.07 Å². The molecule has 1 aromatic carbocycles. The van der Waals surface area contributed by atoms with Gasteiger partial charge in [-0.25, -0.2) is 18.0 Å². The summed E-state index contributed by atoms with van der Waals surface area (Å²) >= 11 is 0. The normalized spacial score (nSPS) is 10.5. The molecule has 0 heterocycles. The van der Waals surface area contributed by atoms with E-state index in [-0.39, 0.29) is 11.1 Å². The zero-order valence-electron chi connectivity index (χ0n) is 10.6. The summed E-state index contributed by atoms with van der Waals surface area (Å²) in [5, 5.41) is 12.9. The van der Waals surface area contributed by atoms with E-state index in [9.17, 15) is 28.1 Å². The summed E-state index contributed by atoms with van der Waals surface area (Å²) < 4.78 is 42.4. The van der Waals surface area contributed by atoms with Gasteiger partial charge in [0, 0.05) is 5.56 Å². The molecule has 0 aliphatic heterocycles. The summed E-state index contributed by atoms with van der Waals surface area (Å²) in [6, 6.07) is 0.710. The minimum absolute atomic E-state index is 0.167. The van der Waals surface area contributed by atoms with E-state index in [1.807, 2.05) is 5.32 Å². The largest absolute Gasteiger partial charge is 0.465 e. The molecule has 1 aromatic rings. The van der Waals surface area contributed by atoms with Gasteiger partial charge >= 0.3 is 5.97 Å². The van der Waals surface area contributed by atoms with E-state index in [4.69, 9.17) is 0 Å². The average molecular weight is 292 g/mol. The number of anilines is 1. The summed E-state index contributed by atoms with van der Waals surface area (Å²) in [6.07, 6.45) is -2.81. The van der Waals surface area contributed by atoms with Gasteiger partial charge in [-0.3, -0.25) is 10.1 Å². The molecule has 1 rings (SSSR count). The van der Waals surface area contributed by atoms with Gasteiger partial charge in [-0.2, -0.15) is 0 Å². The summed E-state index contributed by atoms with van der Waals surface area (Å²) in [4.78, 5) is 21.4. The van der Waals surface area contributed by atoms with Crippen LogP contribution in [-0.2, 0) is 4.74 Å². The predicted molar refractivity (Wildman–Crippen MR) is 63.6 cm³/mol. The molecule has 0 amide bonds. The first-order chi connectivity index (χ1) is 9.29. The highest BCUT2D eigenvalue weighted by Crippen LogP contribution is 2.34. The number of nitrogens with one attached hydrogen (secondary N) is 1. The van der Waals surface area contributed by atoms with Crippen LogP contribution in [-0.4, -0.2) is 31.0 Å². The first-order valence-corrected chi connectivity index (χ1v) is 5.37. The number of halogens is 3. The fourth-order valence-electron chi connectivity index (χ4n) is 1.63. The number of methoxy groups -OCH3 is 1. The topological polar surface area (TPSA) is 81.5 Å². The Balaban J connectivity index is 3.41. The third-order valence-electron chi connectivity index (χ3n) is 2.53. The van der Waals surface area contributed by atoms with Gasteiger partial charge in [0.2, 0.25) is 0 Å². The van der Waals surface area contributed by atoms with Crippen molar-refractivity contribution in [2.75, 3.05) is 19.0 Å². The van der Waals surface area contributed by atoms with Crippen molar-refractivity contribution < 1.29 is 27.6 Å². The quantitative estimate of drug-likeness (QED) is 0.512. The molecule has 9 heteroatoms. The Bertz CT molecular complexity index is 549. The lowest BCUT2D eigenvalue weighted by Gasteiger charge is -2.12. The molecule has 0 fully saturated rings. The number of ether oxygens (including phenoxy) is 1. The Labute approximate surface area is 111 Å². The predicted octanol–water partition coefficient (Wildman–Crippen LogP) is 2.51. The van der Waals surface area contributed by atoms with Crippen LogP contribution in [0.5, 0.6) is 0 Å². The number of hydrogen-bond acceptors (Lipinski definition) is 5. The van der Waals surface area contributed by atoms with Crippen molar-refractivity contribution in [3.8, 4) is 0 Å². The number of benzene rings is 1. The molecule has 1 N–H and O–H groups in total. The van der Waals surface area contributed by atoms with Gasteiger partial charge in [0.25, 0.3) is 12.1 Å². The molecule has 110 valence electrons. The third kappa shape index (κ3) is 3.16. The lowest BCUT2D eigenvalue weighted by atomic mass is 10.0. The van der Waals surface area contributed by atoms with Gasteiger partial charge in [0.1, 0.15) is 5.69 Å². The Hall–Kier alpha value is -2.32. The molecular weight excluding hydrogens is 281 g/mol. The smallest absolute Gasteiger partial charge is 0.338 e. The van der Waals surface area contributed by atoms with Gasteiger partial charge in [-0.1, -0.05) is 0 Å². The van der Waals surface area contributed by atoms with E-state index in [1.54, 1.807) is 0 Å². The Morgan fingerprint density at radius 2 is 2.15 bits per heavy atom. The minimum atomic E-state index is -2.81. The molecule has 0 atom stereocenters. The second kappa shape index (κ2) is 6.22. The second-order valence-corrected chi connectivity index (χ2v) is 3.78. The Morgan fingerprint density at radius 3 is 2.60 bits per heavy atom. The van der Waals surface area contributed by atoms with Crippen molar-refractivity contribution in [1.82, 2.24) is 0 Å². The molecular formula is C11H11F3N2O4. The zero-order chi connectivity index (χ0) is 15.4. The molecule has 0 aromatic heterocycles. The summed E-state index contributed by atoms with van der Waals surface area (Å²) in [6.45, 7) is 0.256. The number of carbonyl (C=O) groups is 1. The monoisotopic (exact) mass is 292 g/mol. The first kappa shape index (κ1) is 15.7. The van der Waals surface area contributed by atoms with Gasteiger partial charge in [-0.05, 0) is 13.0 Å². The van der Waals surface area contributed by atoms with Crippen LogP contribution in [0, 0.1) is 22.9 Å². The summed E-state index contributed by atoms with van der Waals surface area (Å²) in [5.41, 5.74) is -1.95. The molecule has 0 saturated carbocycles. The summed E-state index contributed by atoms with van der Waals surface area (Å²) in [5.74, 6) is -2.13. The average Bonchev–Trinajstić information content (AvgIpc) is 2.37. The summed E-state index contributed by atoms with van der Waals surface area (Å²) in [7, 11) is 1.04. The van der Waals surface area contributed by atoms with Crippen LogP contribution in [0.2, 0.25) is 0 Å². The molecule has 0 spiro atoms. The SMILES string of the molecule is COC(=O)c1cc(F)c(NCC(F)F)c([N+](=O)[O-])c1C. The molecule has 0 aliphatic rings. The number of nitro benzene ring substituents is 1. The van der Waals surface area contributed by atoms with E-state index >= 15 is 0 Å². The standard InChI is InChI=1S/C11H11F3N2O4/c1-5-6(11(17)20-2)3-7(12)9(10(5)16(18)19)15-4-8(13)14/h3,8,15H,4H2,1-2H3. The van der Waals surface area contributed by atoms with E-state index in [0.29, 0.717) is 6.07 Å². The highest BCUT2D eigenvalue weighted by atomic mass is 19.3. The number of carbonyl (C=O) groups excluding carboxylic acids is 1. The fourth-order valence-corrected chi connectivity index (χ4v) is 1.63. The van der Waals surface area contributed by atoms with Crippen molar-refractivity contribution in [3.05, 3.63) is 33.1 Å². The number of esters is 1. The number of nitrogens with zero attached hydrogens (tertiary/aromatic N) is 1. The zero-order valence-corrected chi connectivity index (χ0v) is 10.6. The van der Waals surface area contributed by atoms with Gasteiger partial charge in [0.05, 0.1) is 24.1 Å².